The second kappa shape index (κ2) is 8.98. The van der Waals surface area contributed by atoms with E-state index in [1.807, 2.05) is 46.1 Å². The lowest BCUT2D eigenvalue weighted by atomic mass is 9.97. The molecule has 8 nitrogen and oxygen atoms in total. The minimum atomic E-state index is -0.0829. The molecule has 152 valence electrons. The average Bonchev–Trinajstić information content (AvgIpc) is 3.45. The van der Waals surface area contributed by atoms with E-state index in [2.05, 4.69) is 15.4 Å². The minimum Gasteiger partial charge on any atom is -0.342 e. The zero-order chi connectivity index (χ0) is 20.1. The lowest BCUT2D eigenvalue weighted by molar-refractivity contribution is -0.137. The van der Waals surface area contributed by atoms with E-state index in [0.29, 0.717) is 19.0 Å². The van der Waals surface area contributed by atoms with Crippen molar-refractivity contribution in [1.82, 2.24) is 24.9 Å². The third-order valence-corrected chi connectivity index (χ3v) is 5.54. The van der Waals surface area contributed by atoms with E-state index >= 15 is 0 Å². The molecule has 1 fully saturated rings. The van der Waals surface area contributed by atoms with Crippen molar-refractivity contribution in [3.63, 3.8) is 0 Å². The summed E-state index contributed by atoms with van der Waals surface area (Å²) in [6, 6.07) is 9.90. The maximum absolute atomic E-state index is 12.6. The van der Waals surface area contributed by atoms with Crippen molar-refractivity contribution in [3.05, 3.63) is 48.3 Å². The van der Waals surface area contributed by atoms with E-state index in [1.54, 1.807) is 6.20 Å². The number of aromatic nitrogens is 3. The van der Waals surface area contributed by atoms with Crippen LogP contribution in [0.15, 0.2) is 47.8 Å². The molecule has 2 aromatic rings. The van der Waals surface area contributed by atoms with E-state index in [-0.39, 0.29) is 24.7 Å². The van der Waals surface area contributed by atoms with Gasteiger partial charge < -0.3 is 4.90 Å². The van der Waals surface area contributed by atoms with Crippen LogP contribution in [0.1, 0.15) is 37.7 Å². The highest BCUT2D eigenvalue weighted by Gasteiger charge is 2.26. The molecule has 4 rings (SSSR count). The Labute approximate surface area is 170 Å². The molecule has 1 aromatic heterocycles. The van der Waals surface area contributed by atoms with Gasteiger partial charge >= 0.3 is 0 Å². The Morgan fingerprint density at radius 3 is 2.69 bits per heavy atom. The summed E-state index contributed by atoms with van der Waals surface area (Å²) in [5, 5.41) is 13.8. The molecule has 3 heterocycles. The fraction of sp³-hybridized carbons (Fsp3) is 0.476. The molecule has 29 heavy (non-hydrogen) atoms. The van der Waals surface area contributed by atoms with E-state index in [1.165, 1.54) is 5.01 Å². The molecule has 8 heteroatoms. The highest BCUT2D eigenvalue weighted by molar-refractivity contribution is 6.02. The van der Waals surface area contributed by atoms with E-state index < -0.39 is 0 Å². The first-order chi connectivity index (χ1) is 14.2. The number of hydrazone groups is 1. The van der Waals surface area contributed by atoms with Gasteiger partial charge in [0, 0.05) is 45.1 Å². The number of benzene rings is 1. The first-order valence-electron chi connectivity index (χ1n) is 10.2. The van der Waals surface area contributed by atoms with Crippen LogP contribution in [0.4, 0.5) is 0 Å². The summed E-state index contributed by atoms with van der Waals surface area (Å²) in [5.41, 5.74) is 1.97. The summed E-state index contributed by atoms with van der Waals surface area (Å²) in [6.45, 7) is 2.84. The molecule has 1 aromatic carbocycles. The van der Waals surface area contributed by atoms with E-state index in [4.69, 9.17) is 0 Å². The zero-order valence-electron chi connectivity index (χ0n) is 16.5. The Kier molecular flexibility index (Phi) is 5.97. The fourth-order valence-electron chi connectivity index (χ4n) is 4.01. The molecule has 0 saturated carbocycles. The molecule has 0 radical (unpaired) electrons. The summed E-state index contributed by atoms with van der Waals surface area (Å²) in [7, 11) is 0. The quantitative estimate of drug-likeness (QED) is 0.749. The van der Waals surface area contributed by atoms with Crippen LogP contribution in [0.3, 0.4) is 0 Å². The van der Waals surface area contributed by atoms with Crippen molar-refractivity contribution in [2.24, 2.45) is 11.0 Å². The van der Waals surface area contributed by atoms with Crippen molar-refractivity contribution in [2.45, 2.75) is 38.6 Å². The molecule has 2 aliphatic heterocycles. The van der Waals surface area contributed by atoms with Gasteiger partial charge in [-0.3, -0.25) is 14.3 Å². The van der Waals surface area contributed by atoms with Gasteiger partial charge in [-0.1, -0.05) is 35.5 Å². The van der Waals surface area contributed by atoms with Gasteiger partial charge in [-0.2, -0.15) is 5.10 Å². The summed E-state index contributed by atoms with van der Waals surface area (Å²) in [5.74, 6) is 0.343. The van der Waals surface area contributed by atoms with Gasteiger partial charge in [0.25, 0.3) is 0 Å². The lowest BCUT2D eigenvalue weighted by Gasteiger charge is -2.32. The summed E-state index contributed by atoms with van der Waals surface area (Å²) >= 11 is 0. The van der Waals surface area contributed by atoms with Crippen LogP contribution in [0, 0.1) is 5.92 Å². The molecule has 0 aliphatic carbocycles. The Bertz CT molecular complexity index is 865. The van der Waals surface area contributed by atoms with Gasteiger partial charge in [-0.25, -0.2) is 5.01 Å². The van der Waals surface area contributed by atoms with Crippen LogP contribution >= 0.6 is 0 Å². The summed E-state index contributed by atoms with van der Waals surface area (Å²) in [4.78, 5) is 27.0. The zero-order valence-corrected chi connectivity index (χ0v) is 16.5. The normalized spacial score (nSPS) is 19.3. The molecule has 2 amide bonds. The second-order valence-corrected chi connectivity index (χ2v) is 7.65. The van der Waals surface area contributed by atoms with Crippen molar-refractivity contribution in [1.29, 1.82) is 0 Å². The van der Waals surface area contributed by atoms with Crippen LogP contribution in [0.5, 0.6) is 0 Å². The van der Waals surface area contributed by atoms with Gasteiger partial charge in [0.05, 0.1) is 18.5 Å². The third-order valence-electron chi connectivity index (χ3n) is 5.54. The molecule has 0 spiro atoms. The van der Waals surface area contributed by atoms with Gasteiger partial charge in [-0.05, 0) is 24.3 Å². The highest BCUT2D eigenvalue weighted by Crippen LogP contribution is 2.20. The maximum atomic E-state index is 12.6. The summed E-state index contributed by atoms with van der Waals surface area (Å²) < 4.78 is 1.82. The third kappa shape index (κ3) is 4.88. The number of carbonyl (C=O) groups is 2. The number of amides is 2. The van der Waals surface area contributed by atoms with Crippen molar-refractivity contribution in [2.75, 3.05) is 19.6 Å². The molecule has 1 atom stereocenters. The van der Waals surface area contributed by atoms with Crippen LogP contribution in [-0.4, -0.2) is 62.1 Å². The molecule has 2 aliphatic rings. The number of rotatable bonds is 6. The topological polar surface area (TPSA) is 83.7 Å². The van der Waals surface area contributed by atoms with Crippen molar-refractivity contribution in [3.8, 4) is 0 Å². The first-order valence-corrected chi connectivity index (χ1v) is 10.2. The molecule has 1 saturated heterocycles. The number of piperidine rings is 1. The Balaban J connectivity index is 1.26. The molecular formula is C21H26N6O2. The molecule has 1 unspecified atom stereocenters. The molecular weight excluding hydrogens is 368 g/mol. The largest absolute Gasteiger partial charge is 0.342 e. The van der Waals surface area contributed by atoms with Crippen LogP contribution in [-0.2, 0) is 16.1 Å². The molecule has 0 N–H and O–H groups in total. The van der Waals surface area contributed by atoms with Crippen LogP contribution < -0.4 is 0 Å². The standard InChI is InChI=1S/C21H26N6O2/c28-20(25-12-4-5-17(15-25)16-26-14-11-22-24-26)8-9-21(29)27-13-10-19(23-27)18-6-2-1-3-7-18/h1-3,6-7,11,14,17H,4-5,8-10,12-13,15-16H2. The SMILES string of the molecule is O=C(CCC(=O)N1CCC(c2ccccc2)=N1)N1CCCC(Cn2ccnn2)C1. The van der Waals surface area contributed by atoms with Gasteiger partial charge in [0.1, 0.15) is 0 Å². The van der Waals surface area contributed by atoms with E-state index in [9.17, 15) is 9.59 Å². The Hall–Kier alpha value is -3.03. The van der Waals surface area contributed by atoms with Gasteiger partial charge in [-0.15, -0.1) is 5.10 Å². The van der Waals surface area contributed by atoms with Crippen molar-refractivity contribution < 1.29 is 9.59 Å². The monoisotopic (exact) mass is 394 g/mol. The second-order valence-electron chi connectivity index (χ2n) is 7.65. The fourth-order valence-corrected chi connectivity index (χ4v) is 4.01. The minimum absolute atomic E-state index is 0.0492. The van der Waals surface area contributed by atoms with Gasteiger partial charge in [0.15, 0.2) is 0 Å². The number of nitrogens with zero attached hydrogens (tertiary/aromatic N) is 6. The first kappa shape index (κ1) is 19.3. The van der Waals surface area contributed by atoms with Crippen LogP contribution in [0.2, 0.25) is 0 Å². The lowest BCUT2D eigenvalue weighted by Crippen LogP contribution is -2.41. The average molecular weight is 394 g/mol. The number of hydrogen-bond acceptors (Lipinski definition) is 5. The summed E-state index contributed by atoms with van der Waals surface area (Å²) in [6.07, 6.45) is 6.76. The van der Waals surface area contributed by atoms with Crippen LogP contribution in [0.25, 0.3) is 0 Å². The maximum Gasteiger partial charge on any atom is 0.243 e. The van der Waals surface area contributed by atoms with Crippen molar-refractivity contribution >= 4 is 17.5 Å². The van der Waals surface area contributed by atoms with Gasteiger partial charge in [0.2, 0.25) is 11.8 Å². The predicted octanol–water partition coefficient (Wildman–Crippen LogP) is 1.93. The molecule has 0 bridgehead atoms. The number of likely N-dealkylation sites (tertiary alicyclic amines) is 1. The Morgan fingerprint density at radius 2 is 1.90 bits per heavy atom. The predicted molar refractivity (Wildman–Crippen MR) is 108 cm³/mol. The van der Waals surface area contributed by atoms with E-state index in [0.717, 1.165) is 43.6 Å². The number of hydrogen-bond donors (Lipinski definition) is 0. The highest BCUT2D eigenvalue weighted by atomic mass is 16.2. The number of carbonyl (C=O) groups excluding carboxylic acids is 2. The smallest absolute Gasteiger partial charge is 0.243 e. The Morgan fingerprint density at radius 1 is 1.07 bits per heavy atom.